The van der Waals surface area contributed by atoms with Crippen LogP contribution in [0.1, 0.15) is 28.8 Å². The summed E-state index contributed by atoms with van der Waals surface area (Å²) in [5, 5.41) is 8.38. The van der Waals surface area contributed by atoms with Gasteiger partial charge in [-0.15, -0.1) is 0 Å². The Morgan fingerprint density at radius 3 is 2.74 bits per heavy atom. The molecule has 1 atom stereocenters. The fourth-order valence-corrected chi connectivity index (χ4v) is 4.09. The van der Waals surface area contributed by atoms with Gasteiger partial charge in [0, 0.05) is 6.61 Å². The molecular weight excluding hydrogens is 268 g/mol. The number of aromatic carboxylic acids is 1. The number of carboxylic acid groups (broad SMARTS) is 1. The fraction of sp³-hybridized carbons (Fsp3) is 0.462. The number of aryl methyl sites for hydroxylation is 1. The molecule has 1 fully saturated rings. The Bertz CT molecular complexity index is 585. The van der Waals surface area contributed by atoms with Crippen LogP contribution in [-0.4, -0.2) is 38.0 Å². The summed E-state index contributed by atoms with van der Waals surface area (Å²) in [6.45, 7) is 2.43. The second-order valence-corrected chi connectivity index (χ2v) is 6.87. The summed E-state index contributed by atoms with van der Waals surface area (Å²) in [4.78, 5) is 11.0. The molecule has 1 aliphatic rings. The van der Waals surface area contributed by atoms with Gasteiger partial charge in [-0.2, -0.15) is 0 Å². The maximum atomic E-state index is 12.5. The minimum Gasteiger partial charge on any atom is -0.478 e. The molecule has 1 aliphatic heterocycles. The Labute approximate surface area is 112 Å². The van der Waals surface area contributed by atoms with Gasteiger partial charge >= 0.3 is 5.97 Å². The average Bonchev–Trinajstić information content (AvgIpc) is 2.39. The summed E-state index contributed by atoms with van der Waals surface area (Å²) in [5.41, 5.74) is 0.552. The largest absolute Gasteiger partial charge is 0.478 e. The van der Waals surface area contributed by atoms with Gasteiger partial charge in [0.1, 0.15) is 0 Å². The summed E-state index contributed by atoms with van der Waals surface area (Å²) in [6, 6.07) is 4.18. The minimum absolute atomic E-state index is 0.0131. The Kier molecular flexibility index (Phi) is 3.91. The van der Waals surface area contributed by atoms with E-state index in [2.05, 4.69) is 0 Å². The highest BCUT2D eigenvalue weighted by Crippen LogP contribution is 2.26. The molecule has 104 valence electrons. The Balaban J connectivity index is 2.44. The number of carboxylic acids is 1. The Morgan fingerprint density at radius 2 is 2.16 bits per heavy atom. The van der Waals surface area contributed by atoms with Crippen molar-refractivity contribution in [2.45, 2.75) is 29.9 Å². The quantitative estimate of drug-likeness (QED) is 0.912. The van der Waals surface area contributed by atoms with Crippen molar-refractivity contribution >= 4 is 15.8 Å². The summed E-state index contributed by atoms with van der Waals surface area (Å²) < 4.78 is 30.2. The number of rotatable bonds is 3. The number of benzene rings is 1. The van der Waals surface area contributed by atoms with E-state index < -0.39 is 21.1 Å². The molecule has 1 aromatic rings. The molecule has 1 heterocycles. The summed E-state index contributed by atoms with van der Waals surface area (Å²) in [6.07, 6.45) is 1.26. The van der Waals surface area contributed by atoms with Gasteiger partial charge in [-0.25, -0.2) is 13.2 Å². The first-order valence-corrected chi connectivity index (χ1v) is 7.63. The highest BCUT2D eigenvalue weighted by atomic mass is 32.2. The lowest BCUT2D eigenvalue weighted by Crippen LogP contribution is -2.31. The lowest BCUT2D eigenvalue weighted by Gasteiger charge is -2.23. The molecule has 0 amide bonds. The highest BCUT2D eigenvalue weighted by Gasteiger charge is 2.31. The van der Waals surface area contributed by atoms with Crippen molar-refractivity contribution in [1.29, 1.82) is 0 Å². The van der Waals surface area contributed by atoms with E-state index in [0.29, 0.717) is 25.0 Å². The maximum absolute atomic E-state index is 12.5. The first kappa shape index (κ1) is 14.0. The third kappa shape index (κ3) is 2.79. The average molecular weight is 284 g/mol. The number of carbonyl (C=O) groups is 1. The molecule has 5 nitrogen and oxygen atoms in total. The zero-order valence-electron chi connectivity index (χ0n) is 10.6. The maximum Gasteiger partial charge on any atom is 0.335 e. The normalized spacial score (nSPS) is 20.2. The molecule has 0 radical (unpaired) electrons. The molecule has 6 heteroatoms. The van der Waals surface area contributed by atoms with Crippen LogP contribution in [0.4, 0.5) is 0 Å². The smallest absolute Gasteiger partial charge is 0.335 e. The topological polar surface area (TPSA) is 80.7 Å². The van der Waals surface area contributed by atoms with Crippen LogP contribution in [0.15, 0.2) is 23.1 Å². The SMILES string of the molecule is Cc1ccc(C(=O)O)cc1S(=O)(=O)C1CCCOC1. The molecule has 19 heavy (non-hydrogen) atoms. The number of ether oxygens (including phenoxy) is 1. The molecule has 1 N–H and O–H groups in total. The standard InChI is InChI=1S/C13H16O5S/c1-9-4-5-10(13(14)15)7-12(9)19(16,17)11-3-2-6-18-8-11/h4-5,7,11H,2-3,6,8H2,1H3,(H,14,15). The third-order valence-corrected chi connectivity index (χ3v) is 5.60. The second kappa shape index (κ2) is 5.30. The molecule has 0 saturated carbocycles. The zero-order valence-corrected chi connectivity index (χ0v) is 11.4. The van der Waals surface area contributed by atoms with E-state index in [1.165, 1.54) is 18.2 Å². The lowest BCUT2D eigenvalue weighted by atomic mass is 10.1. The summed E-state index contributed by atoms with van der Waals surface area (Å²) in [5.74, 6) is -1.13. The van der Waals surface area contributed by atoms with Gasteiger partial charge in [0.25, 0.3) is 0 Å². The van der Waals surface area contributed by atoms with E-state index in [1.54, 1.807) is 6.92 Å². The van der Waals surface area contributed by atoms with Crippen molar-refractivity contribution in [2.24, 2.45) is 0 Å². The zero-order chi connectivity index (χ0) is 14.0. The molecule has 0 bridgehead atoms. The van der Waals surface area contributed by atoms with Crippen molar-refractivity contribution in [1.82, 2.24) is 0 Å². The third-order valence-electron chi connectivity index (χ3n) is 3.30. The molecule has 0 spiro atoms. The molecule has 1 saturated heterocycles. The van der Waals surface area contributed by atoms with Crippen LogP contribution in [0.25, 0.3) is 0 Å². The van der Waals surface area contributed by atoms with Crippen molar-refractivity contribution in [3.05, 3.63) is 29.3 Å². The van der Waals surface area contributed by atoms with Crippen molar-refractivity contribution in [3.63, 3.8) is 0 Å². The molecule has 0 aromatic heterocycles. The van der Waals surface area contributed by atoms with Gasteiger partial charge in [0.15, 0.2) is 9.84 Å². The molecule has 2 rings (SSSR count). The second-order valence-electron chi connectivity index (χ2n) is 4.67. The van der Waals surface area contributed by atoms with E-state index >= 15 is 0 Å². The van der Waals surface area contributed by atoms with Gasteiger partial charge in [-0.3, -0.25) is 0 Å². The summed E-state index contributed by atoms with van der Waals surface area (Å²) in [7, 11) is -3.54. The van der Waals surface area contributed by atoms with Crippen molar-refractivity contribution < 1.29 is 23.1 Å². The highest BCUT2D eigenvalue weighted by molar-refractivity contribution is 7.92. The fourth-order valence-electron chi connectivity index (χ4n) is 2.18. The van der Waals surface area contributed by atoms with Gasteiger partial charge in [-0.1, -0.05) is 6.07 Å². The molecular formula is C13H16O5S. The van der Waals surface area contributed by atoms with Crippen molar-refractivity contribution in [3.8, 4) is 0 Å². The van der Waals surface area contributed by atoms with E-state index in [0.717, 1.165) is 0 Å². The van der Waals surface area contributed by atoms with Crippen LogP contribution in [0.5, 0.6) is 0 Å². The van der Waals surface area contributed by atoms with E-state index in [4.69, 9.17) is 9.84 Å². The van der Waals surface area contributed by atoms with Gasteiger partial charge in [-0.05, 0) is 37.5 Å². The Morgan fingerprint density at radius 1 is 1.42 bits per heavy atom. The lowest BCUT2D eigenvalue weighted by molar-refractivity contribution is 0.0696. The van der Waals surface area contributed by atoms with Crippen LogP contribution in [0, 0.1) is 6.92 Å². The minimum atomic E-state index is -3.54. The first-order valence-electron chi connectivity index (χ1n) is 6.08. The number of hydrogen-bond acceptors (Lipinski definition) is 4. The predicted octanol–water partition coefficient (Wildman–Crippen LogP) is 1.65. The Hall–Kier alpha value is -1.40. The van der Waals surface area contributed by atoms with Crippen molar-refractivity contribution in [2.75, 3.05) is 13.2 Å². The predicted molar refractivity (Wildman–Crippen MR) is 69.2 cm³/mol. The van der Waals surface area contributed by atoms with E-state index in [1.807, 2.05) is 0 Å². The van der Waals surface area contributed by atoms with E-state index in [9.17, 15) is 13.2 Å². The number of hydrogen-bond donors (Lipinski definition) is 1. The van der Waals surface area contributed by atoms with E-state index in [-0.39, 0.29) is 17.1 Å². The van der Waals surface area contributed by atoms with Crippen LogP contribution in [-0.2, 0) is 14.6 Å². The van der Waals surface area contributed by atoms with Crippen LogP contribution in [0.3, 0.4) is 0 Å². The molecule has 1 unspecified atom stereocenters. The van der Waals surface area contributed by atoms with Gasteiger partial charge in [0.2, 0.25) is 0 Å². The summed E-state index contributed by atoms with van der Waals surface area (Å²) >= 11 is 0. The first-order chi connectivity index (χ1) is 8.93. The van der Waals surface area contributed by atoms with Crippen LogP contribution < -0.4 is 0 Å². The number of sulfone groups is 1. The van der Waals surface area contributed by atoms with Gasteiger partial charge in [0.05, 0.1) is 22.3 Å². The molecule has 0 aliphatic carbocycles. The van der Waals surface area contributed by atoms with Crippen LogP contribution in [0.2, 0.25) is 0 Å². The van der Waals surface area contributed by atoms with Gasteiger partial charge < -0.3 is 9.84 Å². The monoisotopic (exact) mass is 284 g/mol. The molecule has 1 aromatic carbocycles. The van der Waals surface area contributed by atoms with Crippen LogP contribution >= 0.6 is 0 Å².